The zero-order valence-corrected chi connectivity index (χ0v) is 35.4. The van der Waals surface area contributed by atoms with E-state index in [0.717, 1.165) is 79.4 Å². The third kappa shape index (κ3) is 9.61. The van der Waals surface area contributed by atoms with Crippen molar-refractivity contribution in [2.75, 3.05) is 38.0 Å². The number of nitrogens with zero attached hydrogens (tertiary/aromatic N) is 2. The zero-order chi connectivity index (χ0) is 42.5. The van der Waals surface area contributed by atoms with Crippen molar-refractivity contribution < 1.29 is 28.2 Å². The van der Waals surface area contributed by atoms with Gasteiger partial charge in [-0.15, -0.1) is 0 Å². The Kier molecular flexibility index (Phi) is 13.0. The summed E-state index contributed by atoms with van der Waals surface area (Å²) in [6, 6.07) is 24.4. The minimum Gasteiger partial charge on any atom is -0.506 e. The molecule has 5 aromatic rings. The smallest absolute Gasteiger partial charge is 0.251 e. The molecule has 320 valence electrons. The van der Waals surface area contributed by atoms with E-state index in [9.17, 15) is 28.2 Å². The van der Waals surface area contributed by atoms with Crippen LogP contribution < -0.4 is 20.9 Å². The Morgan fingerprint density at radius 1 is 0.902 bits per heavy atom. The van der Waals surface area contributed by atoms with E-state index in [4.69, 9.17) is 4.74 Å². The summed E-state index contributed by atoms with van der Waals surface area (Å²) in [7, 11) is -3.81. The number of benzene rings is 4. The summed E-state index contributed by atoms with van der Waals surface area (Å²) in [5.41, 5.74) is 5.68. The molecule has 1 aromatic heterocycles. The summed E-state index contributed by atoms with van der Waals surface area (Å²) in [4.78, 5) is 32.9. The summed E-state index contributed by atoms with van der Waals surface area (Å²) >= 11 is 0. The first-order valence-electron chi connectivity index (χ1n) is 21.5. The molecular weight excluding hydrogens is 791 g/mol. The minimum absolute atomic E-state index is 0.0591. The van der Waals surface area contributed by atoms with Gasteiger partial charge < -0.3 is 30.6 Å². The van der Waals surface area contributed by atoms with Crippen molar-refractivity contribution in [2.45, 2.75) is 92.8 Å². The van der Waals surface area contributed by atoms with Gasteiger partial charge in [0.25, 0.3) is 5.91 Å². The van der Waals surface area contributed by atoms with Crippen LogP contribution in [0, 0.1) is 0 Å². The molecule has 1 aliphatic heterocycles. The third-order valence-corrected chi connectivity index (χ3v) is 14.5. The number of sulfone groups is 1. The predicted molar refractivity (Wildman–Crippen MR) is 237 cm³/mol. The molecule has 0 bridgehead atoms. The molecule has 1 saturated carbocycles. The maximum absolute atomic E-state index is 13.7. The zero-order valence-electron chi connectivity index (χ0n) is 34.6. The number of aliphatic hydroxyl groups is 1. The van der Waals surface area contributed by atoms with E-state index in [1.165, 1.54) is 62.6 Å². The Morgan fingerprint density at radius 2 is 1.67 bits per heavy atom. The van der Waals surface area contributed by atoms with Crippen molar-refractivity contribution in [1.29, 1.82) is 0 Å². The van der Waals surface area contributed by atoms with Crippen molar-refractivity contribution >= 4 is 32.3 Å². The molecule has 4 aromatic carbocycles. The monoisotopic (exact) mass is 845 g/mol. The first-order chi connectivity index (χ1) is 29.5. The van der Waals surface area contributed by atoms with Crippen LogP contribution in [0.3, 0.4) is 0 Å². The molecule has 2 fully saturated rings. The second-order valence-electron chi connectivity index (χ2n) is 16.5. The number of rotatable bonds is 14. The number of aromatic hydroxyl groups is 1. The Bertz CT molecular complexity index is 2560. The molecule has 0 radical (unpaired) electrons. The number of amides is 1. The summed E-state index contributed by atoms with van der Waals surface area (Å²) in [5.74, 6) is -0.148. The van der Waals surface area contributed by atoms with Gasteiger partial charge >= 0.3 is 0 Å². The van der Waals surface area contributed by atoms with Gasteiger partial charge in [0, 0.05) is 74.6 Å². The number of nitrogens with one attached hydrogen (secondary N) is 3. The molecule has 1 amide bonds. The minimum atomic E-state index is -3.81. The number of ether oxygens (including phenoxy) is 1. The lowest BCUT2D eigenvalue weighted by molar-refractivity contribution is -0.112. The fourth-order valence-electron chi connectivity index (χ4n) is 9.34. The first-order valence-corrected chi connectivity index (χ1v) is 23.0. The highest BCUT2D eigenvalue weighted by Gasteiger charge is 2.28. The highest BCUT2D eigenvalue weighted by atomic mass is 32.2. The van der Waals surface area contributed by atoms with Crippen molar-refractivity contribution in [3.63, 3.8) is 0 Å². The van der Waals surface area contributed by atoms with Gasteiger partial charge in [-0.1, -0.05) is 49.6 Å². The van der Waals surface area contributed by atoms with E-state index in [1.54, 1.807) is 42.5 Å². The van der Waals surface area contributed by atoms with E-state index < -0.39 is 15.9 Å². The maximum Gasteiger partial charge on any atom is 0.251 e. The van der Waals surface area contributed by atoms with E-state index in [0.29, 0.717) is 23.2 Å². The molecule has 13 heteroatoms. The molecule has 8 rings (SSSR count). The maximum atomic E-state index is 13.7. The fourth-order valence-corrected chi connectivity index (χ4v) is 10.6. The highest BCUT2D eigenvalue weighted by Crippen LogP contribution is 2.34. The first kappa shape index (κ1) is 42.4. The Morgan fingerprint density at radius 3 is 2.46 bits per heavy atom. The Hall–Kier alpha value is -5.31. The van der Waals surface area contributed by atoms with Gasteiger partial charge in [0.15, 0.2) is 0 Å². The molecule has 2 heterocycles. The van der Waals surface area contributed by atoms with E-state index in [-0.39, 0.29) is 45.1 Å². The second kappa shape index (κ2) is 18.8. The van der Waals surface area contributed by atoms with Crippen molar-refractivity contribution in [3.05, 3.63) is 135 Å². The normalized spacial score (nSPS) is 17.7. The number of H-pyrrole nitrogens is 1. The number of phenolic OH excluding ortho intramolecular Hbond substituents is 1. The van der Waals surface area contributed by atoms with Crippen LogP contribution in [0.25, 0.3) is 10.9 Å². The number of carbonyl (C=O) groups is 1. The number of hydrogen-bond acceptors (Lipinski definition) is 10. The molecule has 3 aliphatic rings. The third-order valence-electron chi connectivity index (χ3n) is 12.8. The Labute approximate surface area is 357 Å². The number of piperazine rings is 1. The Balaban J connectivity index is 0.835. The van der Waals surface area contributed by atoms with Gasteiger partial charge in [0.2, 0.25) is 15.4 Å². The second-order valence-corrected chi connectivity index (χ2v) is 18.5. The van der Waals surface area contributed by atoms with Crippen LogP contribution >= 0.6 is 0 Å². The molecule has 0 spiro atoms. The van der Waals surface area contributed by atoms with Gasteiger partial charge in [-0.3, -0.25) is 19.4 Å². The summed E-state index contributed by atoms with van der Waals surface area (Å²) in [6.07, 6.45) is 11.0. The number of pyridine rings is 1. The number of aromatic nitrogens is 1. The number of hydrogen-bond donors (Lipinski definition) is 5. The molecule has 61 heavy (non-hydrogen) atoms. The van der Waals surface area contributed by atoms with Crippen molar-refractivity contribution in [2.24, 2.45) is 0 Å². The largest absolute Gasteiger partial charge is 0.506 e. The number of phenols is 1. The predicted octanol–water partition coefficient (Wildman–Crippen LogP) is 6.92. The molecule has 12 nitrogen and oxygen atoms in total. The van der Waals surface area contributed by atoms with Crippen LogP contribution in [0.4, 0.5) is 5.69 Å². The lowest BCUT2D eigenvalue weighted by Crippen LogP contribution is -2.51. The molecule has 1 saturated heterocycles. The van der Waals surface area contributed by atoms with Crippen LogP contribution in [0.1, 0.15) is 85.4 Å². The number of aliphatic hydroxyl groups excluding tert-OH is 1. The quantitative estimate of drug-likeness (QED) is 0.0586. The molecule has 2 atom stereocenters. The standard InChI is InChI=1S/C48H55N5O7S/c1-32(52-24-26-53(27-25-52)35-7-3-2-4-8-35)33-13-16-37(17-14-33)61(58,59)38-10-5-9-36(29-38)60-28-23-47(57)50-43-20-15-34(39-11-6-12-40(39)43)30-49-31-45(55)41-18-21-44(54)48-42(41)19-22-46(56)51-48/h5,9-10,13-23,28-29,32,35,45,49,54-55H,2-4,6-8,11-12,24-27,30-31H2,1H3,(H,50,57)(H,51,56)/t32-,45-/m0/s1. The summed E-state index contributed by atoms with van der Waals surface area (Å²) < 4.78 is 33.1. The lowest BCUT2D eigenvalue weighted by Gasteiger charge is -2.42. The van der Waals surface area contributed by atoms with Crippen LogP contribution in [0.15, 0.2) is 112 Å². The molecule has 5 N–H and O–H groups in total. The SMILES string of the molecule is C[C@@H](c1ccc(S(=O)(=O)c2cccc(OC=CC(=O)Nc3ccc(CNC[C@H](O)c4ccc(O)c5[nH]c(=O)ccc45)c4c3CCC4)c2)cc1)N1CCN(C2CCCCC2)CC1. The van der Waals surface area contributed by atoms with Gasteiger partial charge in [-0.25, -0.2) is 8.42 Å². The van der Waals surface area contributed by atoms with E-state index in [1.807, 2.05) is 24.3 Å². The number of aromatic amines is 1. The van der Waals surface area contributed by atoms with Crippen molar-refractivity contribution in [1.82, 2.24) is 20.1 Å². The highest BCUT2D eigenvalue weighted by molar-refractivity contribution is 7.91. The van der Waals surface area contributed by atoms with Crippen LogP contribution in [0.5, 0.6) is 11.5 Å². The van der Waals surface area contributed by atoms with E-state index in [2.05, 4.69) is 32.3 Å². The number of fused-ring (bicyclic) bond motifs is 2. The molecule has 2 aliphatic carbocycles. The summed E-state index contributed by atoms with van der Waals surface area (Å²) in [5, 5.41) is 28.1. The van der Waals surface area contributed by atoms with E-state index >= 15 is 0 Å². The summed E-state index contributed by atoms with van der Waals surface area (Å²) in [6.45, 7) is 7.14. The molecule has 0 unspecified atom stereocenters. The van der Waals surface area contributed by atoms with Gasteiger partial charge in [-0.2, -0.15) is 0 Å². The fraction of sp³-hybridized carbons (Fsp3) is 0.375. The average Bonchev–Trinajstić information content (AvgIpc) is 3.79. The van der Waals surface area contributed by atoms with Crippen molar-refractivity contribution in [3.8, 4) is 11.5 Å². The van der Waals surface area contributed by atoms with Crippen LogP contribution in [0.2, 0.25) is 0 Å². The van der Waals surface area contributed by atoms with Gasteiger partial charge in [-0.05, 0) is 115 Å². The average molecular weight is 846 g/mol. The lowest BCUT2D eigenvalue weighted by atomic mass is 9.93. The van der Waals surface area contributed by atoms with Gasteiger partial charge in [0.05, 0.1) is 27.7 Å². The number of carbonyl (C=O) groups excluding carboxylic acids is 1. The number of anilines is 1. The van der Waals surface area contributed by atoms with Crippen LogP contribution in [-0.4, -0.2) is 78.1 Å². The molecular formula is C48H55N5O7S. The topological polar surface area (TPSA) is 164 Å². The van der Waals surface area contributed by atoms with Gasteiger partial charge in [0.1, 0.15) is 11.5 Å². The van der Waals surface area contributed by atoms with Crippen LogP contribution in [-0.2, 0) is 34.0 Å².